The standard InChI is InChI=1S/C17H21N5O2S/c1-21-6-8-22(9-7-21)11-5-3-2-4-10(11)14-13(18)12(16(19)23)15(25-14)17(20)24/h2-5H,6-9,18H2,1H3,(H2,19,23)(H2,20,24). The zero-order valence-corrected chi connectivity index (χ0v) is 14.8. The van der Waals surface area contributed by atoms with Crippen molar-refractivity contribution in [3.8, 4) is 10.4 Å². The number of nitrogen functional groups attached to an aromatic ring is 1. The smallest absolute Gasteiger partial charge is 0.259 e. The lowest BCUT2D eigenvalue weighted by molar-refractivity contribution is 0.0971. The molecule has 7 nitrogen and oxygen atoms in total. The minimum atomic E-state index is -0.745. The Bertz CT molecular complexity index is 824. The van der Waals surface area contributed by atoms with Gasteiger partial charge in [-0.2, -0.15) is 0 Å². The summed E-state index contributed by atoms with van der Waals surface area (Å²) in [6.45, 7) is 3.72. The van der Waals surface area contributed by atoms with Crippen LogP contribution < -0.4 is 22.1 Å². The van der Waals surface area contributed by atoms with Gasteiger partial charge >= 0.3 is 0 Å². The van der Waals surface area contributed by atoms with Gasteiger partial charge < -0.3 is 27.0 Å². The quantitative estimate of drug-likeness (QED) is 0.751. The van der Waals surface area contributed by atoms with E-state index < -0.39 is 11.8 Å². The molecule has 1 aromatic carbocycles. The summed E-state index contributed by atoms with van der Waals surface area (Å²) in [5.74, 6) is -1.44. The second kappa shape index (κ2) is 6.73. The van der Waals surface area contributed by atoms with E-state index >= 15 is 0 Å². The molecule has 0 radical (unpaired) electrons. The van der Waals surface area contributed by atoms with E-state index in [4.69, 9.17) is 17.2 Å². The molecule has 1 fully saturated rings. The number of para-hydroxylation sites is 1. The molecule has 0 bridgehead atoms. The maximum absolute atomic E-state index is 11.7. The number of piperazine rings is 1. The lowest BCUT2D eigenvalue weighted by Crippen LogP contribution is -2.44. The Morgan fingerprint density at radius 3 is 2.24 bits per heavy atom. The number of nitrogens with zero attached hydrogens (tertiary/aromatic N) is 2. The third-order valence-electron chi connectivity index (χ3n) is 4.41. The largest absolute Gasteiger partial charge is 0.397 e. The van der Waals surface area contributed by atoms with Gasteiger partial charge in [0, 0.05) is 37.4 Å². The van der Waals surface area contributed by atoms with Crippen molar-refractivity contribution < 1.29 is 9.59 Å². The van der Waals surface area contributed by atoms with Crippen molar-refractivity contribution in [3.05, 3.63) is 34.7 Å². The van der Waals surface area contributed by atoms with E-state index in [2.05, 4.69) is 16.8 Å². The van der Waals surface area contributed by atoms with Gasteiger partial charge in [-0.25, -0.2) is 0 Å². The highest BCUT2D eigenvalue weighted by Gasteiger charge is 2.26. The van der Waals surface area contributed by atoms with Gasteiger partial charge in [0.15, 0.2) is 0 Å². The van der Waals surface area contributed by atoms with Crippen molar-refractivity contribution in [2.45, 2.75) is 0 Å². The monoisotopic (exact) mass is 359 g/mol. The number of carbonyl (C=O) groups is 2. The highest BCUT2D eigenvalue weighted by atomic mass is 32.1. The van der Waals surface area contributed by atoms with E-state index in [9.17, 15) is 9.59 Å². The highest BCUT2D eigenvalue weighted by molar-refractivity contribution is 7.18. The third-order valence-corrected chi connectivity index (χ3v) is 5.66. The summed E-state index contributed by atoms with van der Waals surface area (Å²) in [4.78, 5) is 28.7. The molecule has 132 valence electrons. The van der Waals surface area contributed by atoms with Crippen LogP contribution in [-0.2, 0) is 0 Å². The molecule has 0 atom stereocenters. The Kier molecular flexibility index (Phi) is 4.65. The molecule has 1 aliphatic rings. The first-order valence-corrected chi connectivity index (χ1v) is 8.76. The van der Waals surface area contributed by atoms with Crippen LogP contribution in [0.2, 0.25) is 0 Å². The van der Waals surface area contributed by atoms with Gasteiger partial charge in [-0.1, -0.05) is 18.2 Å². The minimum Gasteiger partial charge on any atom is -0.397 e. The Balaban J connectivity index is 2.10. The summed E-state index contributed by atoms with van der Waals surface area (Å²) in [5.41, 5.74) is 19.1. The van der Waals surface area contributed by atoms with Crippen LogP contribution in [0.3, 0.4) is 0 Å². The number of carbonyl (C=O) groups excluding carboxylic acids is 2. The zero-order valence-electron chi connectivity index (χ0n) is 14.0. The van der Waals surface area contributed by atoms with Crippen LogP contribution in [0.4, 0.5) is 11.4 Å². The fraction of sp³-hybridized carbons (Fsp3) is 0.294. The first-order valence-electron chi connectivity index (χ1n) is 7.95. The van der Waals surface area contributed by atoms with Gasteiger partial charge in [-0.15, -0.1) is 11.3 Å². The lowest BCUT2D eigenvalue weighted by atomic mass is 10.1. The lowest BCUT2D eigenvalue weighted by Gasteiger charge is -2.35. The molecular formula is C17H21N5O2S. The molecule has 1 saturated heterocycles. The van der Waals surface area contributed by atoms with E-state index in [-0.39, 0.29) is 16.1 Å². The normalized spacial score (nSPS) is 15.3. The molecule has 3 rings (SSSR count). The molecule has 1 aromatic heterocycles. The molecule has 25 heavy (non-hydrogen) atoms. The van der Waals surface area contributed by atoms with E-state index in [1.807, 2.05) is 24.3 Å². The third kappa shape index (κ3) is 3.18. The van der Waals surface area contributed by atoms with Crippen molar-refractivity contribution in [1.82, 2.24) is 4.90 Å². The van der Waals surface area contributed by atoms with Crippen LogP contribution in [0.1, 0.15) is 20.0 Å². The molecule has 2 amide bonds. The number of nitrogens with two attached hydrogens (primary N) is 3. The molecule has 1 aliphatic heterocycles. The average Bonchev–Trinajstić information content (AvgIpc) is 2.93. The average molecular weight is 359 g/mol. The first kappa shape index (κ1) is 17.2. The minimum absolute atomic E-state index is 0.0145. The molecule has 2 heterocycles. The maximum Gasteiger partial charge on any atom is 0.259 e. The number of anilines is 2. The number of benzene rings is 1. The fourth-order valence-corrected chi connectivity index (χ4v) is 4.16. The second-order valence-electron chi connectivity index (χ2n) is 6.08. The Morgan fingerprint density at radius 1 is 1.04 bits per heavy atom. The summed E-state index contributed by atoms with van der Waals surface area (Å²) in [6.07, 6.45) is 0. The molecule has 0 spiro atoms. The van der Waals surface area contributed by atoms with Crippen molar-refractivity contribution in [2.75, 3.05) is 43.9 Å². The van der Waals surface area contributed by atoms with Crippen LogP contribution in [0, 0.1) is 0 Å². The fourth-order valence-electron chi connectivity index (χ4n) is 3.05. The number of thiophene rings is 1. The van der Waals surface area contributed by atoms with E-state index in [1.165, 1.54) is 0 Å². The predicted molar refractivity (Wildman–Crippen MR) is 101 cm³/mol. The van der Waals surface area contributed by atoms with Crippen LogP contribution in [0.25, 0.3) is 10.4 Å². The van der Waals surface area contributed by atoms with Gasteiger partial charge in [0.2, 0.25) is 0 Å². The van der Waals surface area contributed by atoms with Gasteiger partial charge in [-0.3, -0.25) is 9.59 Å². The van der Waals surface area contributed by atoms with Crippen molar-refractivity contribution in [3.63, 3.8) is 0 Å². The van der Waals surface area contributed by atoms with E-state index in [0.29, 0.717) is 4.88 Å². The van der Waals surface area contributed by atoms with Crippen molar-refractivity contribution in [2.24, 2.45) is 11.5 Å². The van der Waals surface area contributed by atoms with Crippen LogP contribution in [0.15, 0.2) is 24.3 Å². The molecule has 8 heteroatoms. The second-order valence-corrected chi connectivity index (χ2v) is 7.11. The Labute approximate surface area is 150 Å². The van der Waals surface area contributed by atoms with E-state index in [0.717, 1.165) is 48.8 Å². The van der Waals surface area contributed by atoms with E-state index in [1.54, 1.807) is 0 Å². The van der Waals surface area contributed by atoms with Gasteiger partial charge in [0.1, 0.15) is 4.88 Å². The zero-order chi connectivity index (χ0) is 18.1. The number of rotatable bonds is 4. The molecule has 2 aromatic rings. The van der Waals surface area contributed by atoms with Crippen molar-refractivity contribution >= 4 is 34.5 Å². The number of primary amides is 2. The van der Waals surface area contributed by atoms with Gasteiger partial charge in [0.05, 0.1) is 16.1 Å². The van der Waals surface area contributed by atoms with Crippen LogP contribution >= 0.6 is 11.3 Å². The maximum atomic E-state index is 11.7. The summed E-state index contributed by atoms with van der Waals surface area (Å²) < 4.78 is 0. The number of hydrogen-bond acceptors (Lipinski definition) is 6. The topological polar surface area (TPSA) is 119 Å². The molecular weight excluding hydrogens is 338 g/mol. The first-order chi connectivity index (χ1) is 11.9. The number of amides is 2. The van der Waals surface area contributed by atoms with Crippen LogP contribution in [0.5, 0.6) is 0 Å². The molecule has 0 saturated carbocycles. The highest BCUT2D eigenvalue weighted by Crippen LogP contribution is 2.42. The van der Waals surface area contributed by atoms with Crippen LogP contribution in [-0.4, -0.2) is 49.9 Å². The van der Waals surface area contributed by atoms with Gasteiger partial charge in [0.25, 0.3) is 11.8 Å². The predicted octanol–water partition coefficient (Wildman–Crippen LogP) is 0.947. The molecule has 6 N–H and O–H groups in total. The summed E-state index contributed by atoms with van der Waals surface area (Å²) in [5, 5.41) is 0. The molecule has 0 unspecified atom stereocenters. The number of hydrogen-bond donors (Lipinski definition) is 3. The Morgan fingerprint density at radius 2 is 1.68 bits per heavy atom. The Hall–Kier alpha value is -2.58. The van der Waals surface area contributed by atoms with Gasteiger partial charge in [-0.05, 0) is 13.1 Å². The SMILES string of the molecule is CN1CCN(c2ccccc2-c2sc(C(N)=O)c(C(N)=O)c2N)CC1. The summed E-state index contributed by atoms with van der Waals surface area (Å²) in [6, 6.07) is 7.83. The molecule has 0 aliphatic carbocycles. The number of likely N-dealkylation sites (N-methyl/N-ethyl adjacent to an activating group) is 1. The summed E-state index contributed by atoms with van der Waals surface area (Å²) in [7, 11) is 2.10. The summed E-state index contributed by atoms with van der Waals surface area (Å²) >= 11 is 1.12. The van der Waals surface area contributed by atoms with Crippen molar-refractivity contribution in [1.29, 1.82) is 0 Å².